The zero-order valence-electron chi connectivity index (χ0n) is 33.0. The number of hydrogen-bond acceptors (Lipinski definition) is 5. The Labute approximate surface area is 311 Å². The Morgan fingerprint density at radius 1 is 0.404 bits per heavy atom. The van der Waals surface area contributed by atoms with Gasteiger partial charge in [0.1, 0.15) is 11.6 Å². The molecule has 0 heterocycles. The van der Waals surface area contributed by atoms with Gasteiger partial charge in [0.2, 0.25) is 0 Å². The molecule has 0 saturated heterocycles. The van der Waals surface area contributed by atoms with Crippen molar-refractivity contribution in [2.24, 2.45) is 0 Å². The van der Waals surface area contributed by atoms with Crippen LogP contribution in [0.5, 0.6) is 5.75 Å². The van der Waals surface area contributed by atoms with Gasteiger partial charge < -0.3 is 5.11 Å². The number of benzene rings is 4. The number of carbonyl (C=O) groups excluding carboxylic acids is 4. The highest BCUT2D eigenvalue weighted by atomic mass is 19.1. The summed E-state index contributed by atoms with van der Waals surface area (Å²) < 4.78 is 12.6. The van der Waals surface area contributed by atoms with Crippen LogP contribution in [0.15, 0.2) is 72.8 Å². The second kappa shape index (κ2) is 23.7. The van der Waals surface area contributed by atoms with Crippen molar-refractivity contribution in [2.45, 2.75) is 121 Å². The third-order valence-corrected chi connectivity index (χ3v) is 8.36. The first-order valence-corrected chi connectivity index (χ1v) is 19.0. The number of hydrogen-bond donors (Lipinski definition) is 1. The summed E-state index contributed by atoms with van der Waals surface area (Å²) in [5.74, 6) is 0.942. The summed E-state index contributed by atoms with van der Waals surface area (Å²) in [6, 6.07) is 21.4. The zero-order valence-corrected chi connectivity index (χ0v) is 33.0. The summed E-state index contributed by atoms with van der Waals surface area (Å²) in [7, 11) is 0. The number of phenols is 1. The molecule has 0 spiro atoms. The van der Waals surface area contributed by atoms with E-state index in [0.29, 0.717) is 49.2 Å². The number of Topliss-reactive ketones (excluding diaryl/α,β-unsaturated/α-hetero) is 4. The lowest BCUT2D eigenvalue weighted by molar-refractivity contribution is 0.0986. The molecule has 0 saturated carbocycles. The third-order valence-electron chi connectivity index (χ3n) is 8.36. The van der Waals surface area contributed by atoms with E-state index in [1.165, 1.54) is 34.4 Å². The summed E-state index contributed by atoms with van der Waals surface area (Å²) in [5, 5.41) is 9.07. The van der Waals surface area contributed by atoms with Crippen LogP contribution in [-0.2, 0) is 25.7 Å². The van der Waals surface area contributed by atoms with E-state index in [1.54, 1.807) is 24.3 Å². The summed E-state index contributed by atoms with van der Waals surface area (Å²) in [6.45, 7) is 20.1. The maximum atomic E-state index is 12.6. The molecular formula is C46H59FO5. The summed E-state index contributed by atoms with van der Waals surface area (Å²) in [5.41, 5.74) is 10.2. The topological polar surface area (TPSA) is 88.5 Å². The molecule has 6 heteroatoms. The second-order valence-corrected chi connectivity index (χ2v) is 11.7. The quantitative estimate of drug-likeness (QED) is 0.196. The van der Waals surface area contributed by atoms with Crippen molar-refractivity contribution in [1.82, 2.24) is 0 Å². The Hall–Kier alpha value is -4.71. The minimum atomic E-state index is -0.251. The highest BCUT2D eigenvalue weighted by molar-refractivity contribution is 6.02. The van der Waals surface area contributed by atoms with Crippen LogP contribution >= 0.6 is 0 Å². The Balaban J connectivity index is 0.000000325. The largest absolute Gasteiger partial charge is 0.508 e. The summed E-state index contributed by atoms with van der Waals surface area (Å²) in [4.78, 5) is 44.5. The fourth-order valence-corrected chi connectivity index (χ4v) is 6.03. The first kappa shape index (κ1) is 45.3. The van der Waals surface area contributed by atoms with Gasteiger partial charge in [0.15, 0.2) is 23.1 Å². The predicted molar refractivity (Wildman–Crippen MR) is 213 cm³/mol. The number of rotatable bonds is 0. The standard InChI is InChI=1S/2C10H10O.C9H7FO.C9H8O2.4C2H6/c2*1-7-2-4-9-8(6-7)3-5-10(9)11;2*10-7-2-3-8-6(5-7)1-4-9(8)11;4*1-2/h2*2,4,6H,3,5H2,1H3;2-3,5H,1,4H2;2-3,5,10H,1,4H2;4*1-2H3. The van der Waals surface area contributed by atoms with Gasteiger partial charge in [-0.25, -0.2) is 4.39 Å². The van der Waals surface area contributed by atoms with E-state index in [9.17, 15) is 23.6 Å². The molecule has 0 amide bonds. The normalized spacial score (nSPS) is 13.3. The lowest BCUT2D eigenvalue weighted by Crippen LogP contribution is -1.90. The number of fused-ring (bicyclic) bond motifs is 4. The van der Waals surface area contributed by atoms with E-state index in [1.807, 2.05) is 79.7 Å². The average molecular weight is 711 g/mol. The molecule has 280 valence electrons. The third kappa shape index (κ3) is 12.8. The van der Waals surface area contributed by atoms with E-state index in [-0.39, 0.29) is 23.1 Å². The van der Waals surface area contributed by atoms with Gasteiger partial charge in [0.05, 0.1) is 0 Å². The van der Waals surface area contributed by atoms with Crippen molar-refractivity contribution < 1.29 is 28.7 Å². The number of halogens is 1. The van der Waals surface area contributed by atoms with Gasteiger partial charge in [-0.3, -0.25) is 19.2 Å². The lowest BCUT2D eigenvalue weighted by atomic mass is 10.1. The Morgan fingerprint density at radius 2 is 0.692 bits per heavy atom. The molecule has 0 unspecified atom stereocenters. The first-order chi connectivity index (χ1) is 25.1. The minimum absolute atomic E-state index is 0.139. The molecular weight excluding hydrogens is 651 g/mol. The van der Waals surface area contributed by atoms with Gasteiger partial charge in [0, 0.05) is 47.9 Å². The number of aromatic hydroxyl groups is 1. The van der Waals surface area contributed by atoms with Gasteiger partial charge in [-0.2, -0.15) is 0 Å². The molecule has 8 rings (SSSR count). The van der Waals surface area contributed by atoms with Gasteiger partial charge in [-0.05, 0) is 98.2 Å². The van der Waals surface area contributed by atoms with Crippen molar-refractivity contribution in [3.63, 3.8) is 0 Å². The maximum Gasteiger partial charge on any atom is 0.163 e. The van der Waals surface area contributed by atoms with Crippen LogP contribution in [0, 0.1) is 19.7 Å². The Kier molecular flexibility index (Phi) is 20.7. The molecule has 0 aliphatic heterocycles. The van der Waals surface area contributed by atoms with E-state index in [4.69, 9.17) is 5.11 Å². The first-order valence-electron chi connectivity index (χ1n) is 19.0. The van der Waals surface area contributed by atoms with E-state index in [2.05, 4.69) is 26.0 Å². The Morgan fingerprint density at radius 3 is 1.06 bits per heavy atom. The number of carbonyl (C=O) groups is 4. The molecule has 1 N–H and O–H groups in total. The van der Waals surface area contributed by atoms with Crippen LogP contribution in [0.3, 0.4) is 0 Å². The maximum absolute atomic E-state index is 12.6. The fraction of sp³-hybridized carbons (Fsp3) is 0.391. The van der Waals surface area contributed by atoms with E-state index in [0.717, 1.165) is 47.1 Å². The van der Waals surface area contributed by atoms with Crippen molar-refractivity contribution in [3.05, 3.63) is 134 Å². The predicted octanol–water partition coefficient (Wildman–Crippen LogP) is 11.8. The molecule has 4 aromatic rings. The monoisotopic (exact) mass is 710 g/mol. The molecule has 5 nitrogen and oxygen atoms in total. The summed E-state index contributed by atoms with van der Waals surface area (Å²) in [6.07, 6.45) is 5.91. The molecule has 4 aliphatic carbocycles. The Bertz CT molecular complexity index is 1520. The molecule has 4 aromatic carbocycles. The van der Waals surface area contributed by atoms with Crippen LogP contribution in [-0.4, -0.2) is 28.2 Å². The molecule has 0 radical (unpaired) electrons. The molecule has 0 bridgehead atoms. The number of phenolic OH excluding ortho intramolecular Hbond substituents is 1. The van der Waals surface area contributed by atoms with Gasteiger partial charge >= 0.3 is 0 Å². The van der Waals surface area contributed by atoms with Crippen molar-refractivity contribution >= 4 is 23.1 Å². The van der Waals surface area contributed by atoms with E-state index < -0.39 is 0 Å². The van der Waals surface area contributed by atoms with Crippen LogP contribution < -0.4 is 0 Å². The molecule has 4 aliphatic rings. The molecule has 52 heavy (non-hydrogen) atoms. The molecule has 0 aromatic heterocycles. The molecule has 0 fully saturated rings. The van der Waals surface area contributed by atoms with Gasteiger partial charge in [-0.15, -0.1) is 0 Å². The fourth-order valence-electron chi connectivity index (χ4n) is 6.03. The van der Waals surface area contributed by atoms with Crippen molar-refractivity contribution in [3.8, 4) is 5.75 Å². The number of aryl methyl sites for hydroxylation is 6. The van der Waals surface area contributed by atoms with Gasteiger partial charge in [0.25, 0.3) is 0 Å². The van der Waals surface area contributed by atoms with Crippen LogP contribution in [0.25, 0.3) is 0 Å². The summed E-state index contributed by atoms with van der Waals surface area (Å²) >= 11 is 0. The van der Waals surface area contributed by atoms with Crippen LogP contribution in [0.2, 0.25) is 0 Å². The number of ketones is 4. The lowest BCUT2D eigenvalue weighted by Gasteiger charge is -1.97. The smallest absolute Gasteiger partial charge is 0.163 e. The minimum Gasteiger partial charge on any atom is -0.508 e. The average Bonchev–Trinajstić information content (AvgIpc) is 3.94. The molecule has 0 atom stereocenters. The van der Waals surface area contributed by atoms with E-state index >= 15 is 0 Å². The van der Waals surface area contributed by atoms with Crippen LogP contribution in [0.1, 0.15) is 156 Å². The highest BCUT2D eigenvalue weighted by Crippen LogP contribution is 2.26. The van der Waals surface area contributed by atoms with Crippen molar-refractivity contribution in [1.29, 1.82) is 0 Å². The SMILES string of the molecule is CC.CC.CC.CC.Cc1ccc2c(c1)CCC2=O.Cc1ccc2c(c1)CCC2=O.O=C1CCc2cc(F)ccc21.O=C1CCc2cc(O)ccc21. The second-order valence-electron chi connectivity index (χ2n) is 11.7. The zero-order chi connectivity index (χ0) is 39.4. The highest BCUT2D eigenvalue weighted by Gasteiger charge is 2.21. The van der Waals surface area contributed by atoms with Crippen molar-refractivity contribution in [2.75, 3.05) is 0 Å². The van der Waals surface area contributed by atoms with Gasteiger partial charge in [-0.1, -0.05) is 103 Å². The van der Waals surface area contributed by atoms with Crippen LogP contribution in [0.4, 0.5) is 4.39 Å².